The van der Waals surface area contributed by atoms with Crippen LogP contribution in [-0.4, -0.2) is 28.0 Å². The fraction of sp³-hybridized carbons (Fsp3) is 0.417. The Hall–Kier alpha value is -1.91. The molecule has 0 aromatic carbocycles. The molecule has 0 aliphatic heterocycles. The van der Waals surface area contributed by atoms with Gasteiger partial charge in [-0.3, -0.25) is 9.78 Å². The number of aromatic nitrogens is 1. The molecule has 17 heavy (non-hydrogen) atoms. The number of carboxylic acid groups (broad SMARTS) is 1. The molecule has 1 aromatic rings. The molecule has 1 amide bonds. The van der Waals surface area contributed by atoms with E-state index in [9.17, 15) is 9.59 Å². The topological polar surface area (TPSA) is 79.3 Å². The first kappa shape index (κ1) is 13.2. The van der Waals surface area contributed by atoms with E-state index in [2.05, 4.69) is 10.3 Å². The number of carbonyl (C=O) groups excluding carboxylic acids is 1. The molecule has 1 heterocycles. The second-order valence-corrected chi connectivity index (χ2v) is 3.89. The molecule has 0 aliphatic rings. The lowest BCUT2D eigenvalue weighted by molar-refractivity contribution is -0.140. The summed E-state index contributed by atoms with van der Waals surface area (Å²) in [6.07, 6.45) is 2.17. The van der Waals surface area contributed by atoms with Gasteiger partial charge in [0, 0.05) is 6.20 Å². The molecule has 1 rings (SSSR count). The van der Waals surface area contributed by atoms with E-state index in [1.165, 1.54) is 6.20 Å². The molecule has 0 saturated carbocycles. The standard InChI is InChI=1S/C12H16N2O3/c1-3-8(2)10(12(16)17)14-11(15)9-6-4-5-7-13-9/h4-8,10H,3H2,1-2H3,(H,14,15)(H,16,17)/t8?,10-/m0/s1. The van der Waals surface area contributed by atoms with Crippen LogP contribution in [0.3, 0.4) is 0 Å². The van der Waals surface area contributed by atoms with Gasteiger partial charge in [-0.2, -0.15) is 0 Å². The molecule has 0 aliphatic carbocycles. The number of nitrogens with one attached hydrogen (secondary N) is 1. The lowest BCUT2D eigenvalue weighted by Gasteiger charge is -2.19. The van der Waals surface area contributed by atoms with E-state index < -0.39 is 17.9 Å². The van der Waals surface area contributed by atoms with Crippen LogP contribution in [0, 0.1) is 5.92 Å². The SMILES string of the molecule is CCC(C)[C@H](NC(=O)c1ccccn1)C(=O)O. The molecule has 0 fully saturated rings. The van der Waals surface area contributed by atoms with Gasteiger partial charge in [0.15, 0.2) is 0 Å². The van der Waals surface area contributed by atoms with E-state index in [4.69, 9.17) is 5.11 Å². The highest BCUT2D eigenvalue weighted by Gasteiger charge is 2.25. The zero-order valence-electron chi connectivity index (χ0n) is 9.88. The first-order chi connectivity index (χ1) is 8.06. The van der Waals surface area contributed by atoms with Crippen LogP contribution in [0.25, 0.3) is 0 Å². The zero-order chi connectivity index (χ0) is 12.8. The molecular formula is C12H16N2O3. The van der Waals surface area contributed by atoms with E-state index in [-0.39, 0.29) is 11.6 Å². The summed E-state index contributed by atoms with van der Waals surface area (Å²) in [7, 11) is 0. The summed E-state index contributed by atoms with van der Waals surface area (Å²) < 4.78 is 0. The maximum absolute atomic E-state index is 11.7. The van der Waals surface area contributed by atoms with Crippen molar-refractivity contribution in [3.63, 3.8) is 0 Å². The Labute approximate surface area is 99.9 Å². The van der Waals surface area contributed by atoms with Crippen molar-refractivity contribution in [2.24, 2.45) is 5.92 Å². The fourth-order valence-electron chi connectivity index (χ4n) is 1.40. The van der Waals surface area contributed by atoms with E-state index in [1.807, 2.05) is 6.92 Å². The normalized spacial score (nSPS) is 13.8. The third kappa shape index (κ3) is 3.55. The third-order valence-corrected chi connectivity index (χ3v) is 2.66. The second-order valence-electron chi connectivity index (χ2n) is 3.89. The smallest absolute Gasteiger partial charge is 0.326 e. The molecule has 0 spiro atoms. The van der Waals surface area contributed by atoms with Gasteiger partial charge < -0.3 is 10.4 Å². The molecule has 1 unspecified atom stereocenters. The van der Waals surface area contributed by atoms with Crippen molar-refractivity contribution < 1.29 is 14.7 Å². The van der Waals surface area contributed by atoms with E-state index >= 15 is 0 Å². The average Bonchev–Trinajstić information content (AvgIpc) is 2.35. The highest BCUT2D eigenvalue weighted by atomic mass is 16.4. The molecule has 92 valence electrons. The van der Waals surface area contributed by atoms with Gasteiger partial charge in [-0.25, -0.2) is 4.79 Å². The van der Waals surface area contributed by atoms with Gasteiger partial charge in [-0.1, -0.05) is 26.3 Å². The summed E-state index contributed by atoms with van der Waals surface area (Å²) in [5.74, 6) is -1.61. The van der Waals surface area contributed by atoms with Crippen LogP contribution in [-0.2, 0) is 4.79 Å². The number of pyridine rings is 1. The molecule has 0 bridgehead atoms. The maximum Gasteiger partial charge on any atom is 0.326 e. The van der Waals surface area contributed by atoms with Crippen LogP contribution in [0.1, 0.15) is 30.8 Å². The number of carboxylic acids is 1. The van der Waals surface area contributed by atoms with Gasteiger partial charge in [0.2, 0.25) is 0 Å². The Balaban J connectivity index is 2.75. The van der Waals surface area contributed by atoms with Gasteiger partial charge in [0.25, 0.3) is 5.91 Å². The molecule has 5 heteroatoms. The molecule has 1 aromatic heterocycles. The molecule has 2 atom stereocenters. The number of nitrogens with zero attached hydrogens (tertiary/aromatic N) is 1. The summed E-state index contributed by atoms with van der Waals surface area (Å²) in [6, 6.07) is 4.04. The molecule has 0 saturated heterocycles. The maximum atomic E-state index is 11.7. The second kappa shape index (κ2) is 5.98. The molecule has 0 radical (unpaired) electrons. The molecule has 5 nitrogen and oxygen atoms in total. The number of aliphatic carboxylic acids is 1. The Kier molecular flexibility index (Phi) is 4.63. The van der Waals surface area contributed by atoms with Gasteiger partial charge in [0.05, 0.1) is 0 Å². The molecular weight excluding hydrogens is 220 g/mol. The van der Waals surface area contributed by atoms with Crippen LogP contribution in [0.2, 0.25) is 0 Å². The predicted molar refractivity (Wildman–Crippen MR) is 62.6 cm³/mol. The summed E-state index contributed by atoms with van der Waals surface area (Å²) in [6.45, 7) is 3.67. The van der Waals surface area contributed by atoms with Crippen molar-refractivity contribution in [2.45, 2.75) is 26.3 Å². The Morgan fingerprint density at radius 3 is 2.65 bits per heavy atom. The van der Waals surface area contributed by atoms with Crippen LogP contribution in [0.15, 0.2) is 24.4 Å². The van der Waals surface area contributed by atoms with Crippen molar-refractivity contribution in [1.29, 1.82) is 0 Å². The van der Waals surface area contributed by atoms with Crippen LogP contribution >= 0.6 is 0 Å². The van der Waals surface area contributed by atoms with Gasteiger partial charge in [-0.15, -0.1) is 0 Å². The minimum Gasteiger partial charge on any atom is -0.480 e. The monoisotopic (exact) mass is 236 g/mol. The lowest BCUT2D eigenvalue weighted by atomic mass is 9.99. The largest absolute Gasteiger partial charge is 0.480 e. The van der Waals surface area contributed by atoms with Crippen LogP contribution < -0.4 is 5.32 Å². The summed E-state index contributed by atoms with van der Waals surface area (Å²) in [5.41, 5.74) is 0.224. The fourth-order valence-corrected chi connectivity index (χ4v) is 1.40. The number of carbonyl (C=O) groups is 2. The minimum atomic E-state index is -1.02. The Morgan fingerprint density at radius 2 is 2.18 bits per heavy atom. The summed E-state index contributed by atoms with van der Waals surface area (Å²) in [5, 5.41) is 11.5. The average molecular weight is 236 g/mol. The first-order valence-corrected chi connectivity index (χ1v) is 5.51. The van der Waals surface area contributed by atoms with Crippen molar-refractivity contribution >= 4 is 11.9 Å². The third-order valence-electron chi connectivity index (χ3n) is 2.66. The number of hydrogen-bond donors (Lipinski definition) is 2. The number of amides is 1. The first-order valence-electron chi connectivity index (χ1n) is 5.51. The van der Waals surface area contributed by atoms with Gasteiger partial charge in [0.1, 0.15) is 11.7 Å². The van der Waals surface area contributed by atoms with Gasteiger partial charge >= 0.3 is 5.97 Å². The summed E-state index contributed by atoms with van der Waals surface area (Å²) >= 11 is 0. The Bertz CT molecular complexity index is 392. The van der Waals surface area contributed by atoms with Crippen molar-refractivity contribution in [3.05, 3.63) is 30.1 Å². The van der Waals surface area contributed by atoms with Gasteiger partial charge in [-0.05, 0) is 18.1 Å². The van der Waals surface area contributed by atoms with Crippen LogP contribution in [0.4, 0.5) is 0 Å². The van der Waals surface area contributed by atoms with E-state index in [0.717, 1.165) is 0 Å². The zero-order valence-corrected chi connectivity index (χ0v) is 9.88. The van der Waals surface area contributed by atoms with Crippen molar-refractivity contribution in [1.82, 2.24) is 10.3 Å². The highest BCUT2D eigenvalue weighted by molar-refractivity contribution is 5.94. The summed E-state index contributed by atoms with van der Waals surface area (Å²) in [4.78, 5) is 26.6. The minimum absolute atomic E-state index is 0.125. The quantitative estimate of drug-likeness (QED) is 0.807. The van der Waals surface area contributed by atoms with Crippen molar-refractivity contribution in [3.8, 4) is 0 Å². The lowest BCUT2D eigenvalue weighted by Crippen LogP contribution is -2.45. The number of hydrogen-bond acceptors (Lipinski definition) is 3. The number of rotatable bonds is 5. The van der Waals surface area contributed by atoms with E-state index in [1.54, 1.807) is 25.1 Å². The molecule has 2 N–H and O–H groups in total. The predicted octanol–water partition coefficient (Wildman–Crippen LogP) is 1.31. The van der Waals surface area contributed by atoms with E-state index in [0.29, 0.717) is 6.42 Å². The highest BCUT2D eigenvalue weighted by Crippen LogP contribution is 2.08. The van der Waals surface area contributed by atoms with Crippen molar-refractivity contribution in [2.75, 3.05) is 0 Å². The Morgan fingerprint density at radius 1 is 1.47 bits per heavy atom. The van der Waals surface area contributed by atoms with Crippen LogP contribution in [0.5, 0.6) is 0 Å².